The van der Waals surface area contributed by atoms with Crippen LogP contribution in [0, 0.1) is 6.92 Å². The second-order valence-corrected chi connectivity index (χ2v) is 12.0. The van der Waals surface area contributed by atoms with Gasteiger partial charge in [-0.25, -0.2) is 17.0 Å². The first kappa shape index (κ1) is 25.8. The predicted octanol–water partition coefficient (Wildman–Crippen LogP) is 6.44. The van der Waals surface area contributed by atoms with E-state index >= 15 is 4.39 Å². The second kappa shape index (κ2) is 11.2. The second-order valence-electron chi connectivity index (χ2n) is 8.50. The van der Waals surface area contributed by atoms with Gasteiger partial charge in [0.25, 0.3) is 0 Å². The number of ether oxygens (including phenoxy) is 1. The molecule has 4 nitrogen and oxygen atoms in total. The summed E-state index contributed by atoms with van der Waals surface area (Å²) in [6.45, 7) is 1.94. The minimum atomic E-state index is -3.81. The lowest BCUT2D eigenvalue weighted by molar-refractivity contribution is 0.295. The molecular weight excluding hydrogens is 495 g/mol. The fourth-order valence-corrected chi connectivity index (χ4v) is 6.88. The molecule has 186 valence electrons. The van der Waals surface area contributed by atoms with Crippen LogP contribution >= 0.6 is 0 Å². The zero-order chi connectivity index (χ0) is 25.7. The number of alkyl halides is 1. The molecule has 0 saturated heterocycles. The summed E-state index contributed by atoms with van der Waals surface area (Å²) in [6, 6.07) is 28.6. The highest BCUT2D eigenvalue weighted by atomic mass is 32.2. The molecule has 0 unspecified atom stereocenters. The number of rotatable bonds is 9. The molecule has 0 fully saturated rings. The quantitative estimate of drug-likeness (QED) is 0.254. The van der Waals surface area contributed by atoms with Crippen molar-refractivity contribution in [2.24, 2.45) is 0 Å². The van der Waals surface area contributed by atoms with Crippen LogP contribution in [0.5, 0.6) is 5.75 Å². The summed E-state index contributed by atoms with van der Waals surface area (Å²) in [5, 5.41) is 0. The van der Waals surface area contributed by atoms with E-state index in [2.05, 4.69) is 0 Å². The van der Waals surface area contributed by atoms with Gasteiger partial charge < -0.3 is 4.74 Å². The van der Waals surface area contributed by atoms with E-state index in [9.17, 15) is 12.6 Å². The van der Waals surface area contributed by atoms with Gasteiger partial charge in [0.15, 0.2) is 9.84 Å². The summed E-state index contributed by atoms with van der Waals surface area (Å²) in [5.74, 6) is -0.896. The van der Waals surface area contributed by atoms with Crippen LogP contribution in [0.3, 0.4) is 0 Å². The summed E-state index contributed by atoms with van der Waals surface area (Å²) in [5.41, 5.74) is 1.75. The van der Waals surface area contributed by atoms with Gasteiger partial charge in [0.1, 0.15) is 11.9 Å². The van der Waals surface area contributed by atoms with E-state index in [-0.39, 0.29) is 10.5 Å². The number of aryl methyl sites for hydroxylation is 1. The van der Waals surface area contributed by atoms with Crippen molar-refractivity contribution in [3.63, 3.8) is 0 Å². The van der Waals surface area contributed by atoms with Crippen molar-refractivity contribution in [3.8, 4) is 5.75 Å². The highest BCUT2D eigenvalue weighted by Gasteiger charge is 2.33. The average molecular weight is 523 g/mol. The Bertz CT molecular complexity index is 1440. The van der Waals surface area contributed by atoms with Crippen LogP contribution in [-0.2, 0) is 20.6 Å². The van der Waals surface area contributed by atoms with Crippen LogP contribution < -0.4 is 4.74 Å². The van der Waals surface area contributed by atoms with Gasteiger partial charge in [-0.2, -0.15) is 0 Å². The Balaban J connectivity index is 1.77. The topological polar surface area (TPSA) is 60.4 Å². The van der Waals surface area contributed by atoms with Gasteiger partial charge in [-0.15, -0.1) is 0 Å². The molecule has 0 N–H and O–H groups in total. The van der Waals surface area contributed by atoms with Gasteiger partial charge in [-0.05, 0) is 55.0 Å². The highest BCUT2D eigenvalue weighted by Crippen LogP contribution is 2.40. The lowest BCUT2D eigenvalue weighted by Gasteiger charge is -2.24. The van der Waals surface area contributed by atoms with E-state index in [1.165, 1.54) is 19.2 Å². The van der Waals surface area contributed by atoms with Crippen molar-refractivity contribution >= 4 is 20.6 Å². The molecule has 0 radical (unpaired) electrons. The van der Waals surface area contributed by atoms with Crippen molar-refractivity contribution in [2.75, 3.05) is 12.9 Å². The Morgan fingerprint density at radius 2 is 1.44 bits per heavy atom. The lowest BCUT2D eigenvalue weighted by Crippen LogP contribution is -2.20. The fourth-order valence-electron chi connectivity index (χ4n) is 4.04. The summed E-state index contributed by atoms with van der Waals surface area (Å²) in [7, 11) is -3.92. The molecule has 0 aromatic heterocycles. The van der Waals surface area contributed by atoms with E-state index in [0.717, 1.165) is 5.56 Å². The number of halogens is 1. The maximum absolute atomic E-state index is 16.5. The molecule has 3 atom stereocenters. The smallest absolute Gasteiger partial charge is 0.179 e. The third-order valence-corrected chi connectivity index (χ3v) is 9.31. The molecule has 4 aromatic rings. The molecule has 0 bridgehead atoms. The van der Waals surface area contributed by atoms with Crippen LogP contribution in [0.15, 0.2) is 118 Å². The van der Waals surface area contributed by atoms with Gasteiger partial charge >= 0.3 is 0 Å². The summed E-state index contributed by atoms with van der Waals surface area (Å²) in [6.07, 6.45) is -1.72. The van der Waals surface area contributed by atoms with E-state index in [4.69, 9.17) is 4.74 Å². The van der Waals surface area contributed by atoms with Gasteiger partial charge in [0.2, 0.25) is 0 Å². The Kier molecular flexibility index (Phi) is 8.01. The molecule has 0 aliphatic carbocycles. The average Bonchev–Trinajstić information content (AvgIpc) is 2.92. The third-order valence-electron chi connectivity index (χ3n) is 6.05. The summed E-state index contributed by atoms with van der Waals surface area (Å²) in [4.78, 5) is 1.01. The van der Waals surface area contributed by atoms with Crippen molar-refractivity contribution in [1.82, 2.24) is 0 Å². The molecule has 0 aliphatic rings. The van der Waals surface area contributed by atoms with E-state index in [0.29, 0.717) is 21.1 Å². The zero-order valence-corrected chi connectivity index (χ0v) is 21.6. The molecule has 4 aromatic carbocycles. The molecule has 36 heavy (non-hydrogen) atoms. The van der Waals surface area contributed by atoms with E-state index in [1.807, 2.05) is 19.1 Å². The SMILES string of the molecule is COc1ccc([C@@H](CS(=O)(=O)c2ccccc2)[C@@H](F)c2ccccc2[S@@](=O)c2ccc(C)cc2)cc1. The maximum Gasteiger partial charge on any atom is 0.179 e. The normalized spacial score (nSPS) is 14.1. The summed E-state index contributed by atoms with van der Waals surface area (Å²) >= 11 is 0. The highest BCUT2D eigenvalue weighted by molar-refractivity contribution is 7.91. The van der Waals surface area contributed by atoms with Gasteiger partial charge in [0.05, 0.1) is 28.6 Å². The minimum Gasteiger partial charge on any atom is -0.497 e. The van der Waals surface area contributed by atoms with Crippen LogP contribution in [0.2, 0.25) is 0 Å². The maximum atomic E-state index is 16.5. The number of benzene rings is 4. The molecule has 4 rings (SSSR count). The number of hydrogen-bond acceptors (Lipinski definition) is 4. The van der Waals surface area contributed by atoms with Crippen LogP contribution in [-0.4, -0.2) is 25.5 Å². The molecule has 0 spiro atoms. The largest absolute Gasteiger partial charge is 0.497 e. The molecular formula is C29H27FO4S2. The number of methoxy groups -OCH3 is 1. The fraction of sp³-hybridized carbons (Fsp3) is 0.172. The Morgan fingerprint density at radius 1 is 0.833 bits per heavy atom. The number of hydrogen-bond donors (Lipinski definition) is 0. The van der Waals surface area contributed by atoms with Crippen molar-refractivity contribution < 1.29 is 21.8 Å². The van der Waals surface area contributed by atoms with Gasteiger partial charge in [-0.3, -0.25) is 0 Å². The van der Waals surface area contributed by atoms with Crippen molar-refractivity contribution in [1.29, 1.82) is 0 Å². The molecule has 0 aliphatic heterocycles. The first-order chi connectivity index (χ1) is 17.3. The first-order valence-electron chi connectivity index (χ1n) is 11.4. The van der Waals surface area contributed by atoms with Crippen LogP contribution in [0.4, 0.5) is 4.39 Å². The van der Waals surface area contributed by atoms with Gasteiger partial charge in [-0.1, -0.05) is 66.2 Å². The van der Waals surface area contributed by atoms with Crippen molar-refractivity contribution in [2.45, 2.75) is 33.7 Å². The lowest BCUT2D eigenvalue weighted by atomic mass is 9.91. The third kappa shape index (κ3) is 5.74. The van der Waals surface area contributed by atoms with E-state index < -0.39 is 38.5 Å². The van der Waals surface area contributed by atoms with Crippen molar-refractivity contribution in [3.05, 3.63) is 120 Å². The standard InChI is InChI=1S/C29H27FO4S2/c1-21-12-18-24(19-13-21)35(31)28-11-7-6-10-26(28)29(30)27(22-14-16-23(34-2)17-15-22)20-36(32,33)25-8-4-3-5-9-25/h3-19,27,29H,20H2,1-2H3/t27-,29+,35+/m1/s1. The first-order valence-corrected chi connectivity index (χ1v) is 14.2. The minimum absolute atomic E-state index is 0.132. The monoisotopic (exact) mass is 522 g/mol. The summed E-state index contributed by atoms with van der Waals surface area (Å²) < 4.78 is 61.7. The molecule has 0 saturated carbocycles. The number of sulfone groups is 1. The molecule has 0 amide bonds. The zero-order valence-electron chi connectivity index (χ0n) is 20.0. The molecule has 0 heterocycles. The van der Waals surface area contributed by atoms with Gasteiger partial charge in [0, 0.05) is 21.3 Å². The van der Waals surface area contributed by atoms with E-state index in [1.54, 1.807) is 78.9 Å². The Hall–Kier alpha value is -3.29. The van der Waals surface area contributed by atoms with Crippen LogP contribution in [0.1, 0.15) is 28.8 Å². The molecule has 7 heteroatoms. The Labute approximate surface area is 214 Å². The Morgan fingerprint density at radius 3 is 2.08 bits per heavy atom. The van der Waals surface area contributed by atoms with Crippen LogP contribution in [0.25, 0.3) is 0 Å². The predicted molar refractivity (Wildman–Crippen MR) is 140 cm³/mol.